The number of alkyl carbamates (subject to hydrolysis) is 1. The average Bonchev–Trinajstić information content (AvgIpc) is 3.91. The van der Waals surface area contributed by atoms with Gasteiger partial charge in [-0.15, -0.1) is 0 Å². The molecule has 1 aromatic rings. The second-order valence-corrected chi connectivity index (χ2v) is 23.1. The van der Waals surface area contributed by atoms with Gasteiger partial charge in [-0.25, -0.2) is 9.59 Å². The Morgan fingerprint density at radius 3 is 2.05 bits per heavy atom. The first kappa shape index (κ1) is 71.6. The first-order chi connectivity index (χ1) is 38.1. The van der Waals surface area contributed by atoms with Gasteiger partial charge in [-0.3, -0.25) is 28.8 Å². The number of ether oxygens (including phenoxy) is 5. The topological polar surface area (TPSA) is 302 Å². The van der Waals surface area contributed by atoms with E-state index in [0.29, 0.717) is 32.2 Å². The standard InChI is InChI=1S/C58H100N8O15/c1-16-37(6)50(65(13)55(74)49(36(4)5)64-54(73)48(59-12)35(2)3)44(77-14)31-46(69)66-28-20-24-43(66)51(78-15)38(7)52(71)63-42(30-40-22-18-17-19-23-40)53(72)60-26-21-29-79-56(75)39(8)62-45(68)25-27-61-57(76)80-34-47(70)81-41(33-67)32-58(9,10)11/h17-19,22-23,35-39,41-44,47-51,59,67,70H,16,20-21,24-34H2,1-15H3,(H,60,72)(H,61,76)(H,62,68)(H,63,71)(H,64,73)/t37-,38+,39-,41?,42-,43-,44+,47?,48-,49-,50-,51+/m0/s1. The van der Waals surface area contributed by atoms with E-state index in [9.17, 15) is 48.6 Å². The van der Waals surface area contributed by atoms with Gasteiger partial charge >= 0.3 is 12.1 Å². The summed E-state index contributed by atoms with van der Waals surface area (Å²) in [6.07, 6.45) is -2.01. The second kappa shape index (κ2) is 36.2. The van der Waals surface area contributed by atoms with E-state index in [1.807, 2.05) is 92.6 Å². The number of nitrogens with zero attached hydrogens (tertiary/aromatic N) is 2. The molecule has 81 heavy (non-hydrogen) atoms. The number of aliphatic hydroxyl groups is 2. The minimum absolute atomic E-state index is 0.0122. The molecule has 0 aliphatic carbocycles. The molecule has 8 N–H and O–H groups in total. The maximum absolute atomic E-state index is 14.5. The summed E-state index contributed by atoms with van der Waals surface area (Å²) in [6, 6.07) is 4.80. The van der Waals surface area contributed by atoms with E-state index in [2.05, 4.69) is 31.9 Å². The molecular formula is C58H100N8O15. The molecule has 1 aliphatic heterocycles. The maximum atomic E-state index is 14.5. The zero-order valence-electron chi connectivity index (χ0n) is 51.0. The summed E-state index contributed by atoms with van der Waals surface area (Å²) in [6.45, 7) is 20.1. The van der Waals surface area contributed by atoms with Crippen LogP contribution in [0.1, 0.15) is 127 Å². The van der Waals surface area contributed by atoms with Crippen LogP contribution in [0.3, 0.4) is 0 Å². The van der Waals surface area contributed by atoms with E-state index >= 15 is 0 Å². The summed E-state index contributed by atoms with van der Waals surface area (Å²) >= 11 is 0. The van der Waals surface area contributed by atoms with Crippen LogP contribution < -0.4 is 31.9 Å². The summed E-state index contributed by atoms with van der Waals surface area (Å²) in [5, 5.41) is 36.2. The number of amides is 7. The van der Waals surface area contributed by atoms with Crippen molar-refractivity contribution in [3.8, 4) is 0 Å². The quantitative estimate of drug-likeness (QED) is 0.0272. The zero-order chi connectivity index (χ0) is 61.1. The molecule has 1 saturated heterocycles. The summed E-state index contributed by atoms with van der Waals surface area (Å²) in [5.74, 6) is -4.16. The van der Waals surface area contributed by atoms with Gasteiger partial charge in [0.15, 0.2) is 6.29 Å². The van der Waals surface area contributed by atoms with Crippen molar-refractivity contribution in [3.05, 3.63) is 35.9 Å². The Balaban J connectivity index is 2.04. The SMILES string of the molecule is CC[C@H](C)[C@@H]([C@@H](CC(=O)N1CCC[C@H]1[C@H](OC)[C@@H](C)C(=O)N[C@@H](Cc1ccccc1)C(=O)NCCCOC(=O)[C@H](C)NC(=O)CCNC(=O)OCC(O)OC(CO)CC(C)(C)C)OC)N(C)C(=O)[C@@H](NC(=O)[C@@H](NC)C(C)C)C(C)C. The van der Waals surface area contributed by atoms with Crippen LogP contribution in [0.25, 0.3) is 0 Å². The van der Waals surface area contributed by atoms with E-state index in [1.165, 1.54) is 21.1 Å². The van der Waals surface area contributed by atoms with Gasteiger partial charge < -0.3 is 75.6 Å². The number of nitrogens with one attached hydrogen (secondary N) is 6. The Bertz CT molecular complexity index is 2110. The molecular weight excluding hydrogens is 1050 g/mol. The normalized spacial score (nSPS) is 17.7. The predicted molar refractivity (Wildman–Crippen MR) is 305 cm³/mol. The number of hydrogen-bond donors (Lipinski definition) is 8. The van der Waals surface area contributed by atoms with Crippen molar-refractivity contribution >= 4 is 47.5 Å². The van der Waals surface area contributed by atoms with Crippen LogP contribution in [0.15, 0.2) is 30.3 Å². The van der Waals surface area contributed by atoms with Crippen LogP contribution in [-0.4, -0.2) is 196 Å². The number of hydrogen-bond acceptors (Lipinski definition) is 16. The van der Waals surface area contributed by atoms with Crippen LogP contribution in [-0.2, 0) is 63.7 Å². The smallest absolute Gasteiger partial charge is 0.407 e. The third kappa shape index (κ3) is 24.5. The van der Waals surface area contributed by atoms with Gasteiger partial charge in [-0.2, -0.15) is 0 Å². The highest BCUT2D eigenvalue weighted by Crippen LogP contribution is 2.30. The van der Waals surface area contributed by atoms with Crippen molar-refractivity contribution in [1.82, 2.24) is 41.7 Å². The average molecular weight is 1150 g/mol. The highest BCUT2D eigenvalue weighted by molar-refractivity contribution is 5.91. The molecule has 1 aromatic carbocycles. The molecule has 0 bridgehead atoms. The molecule has 0 spiro atoms. The number of likely N-dealkylation sites (N-methyl/N-ethyl adjacent to an activating group) is 2. The number of benzene rings is 1. The second-order valence-electron chi connectivity index (χ2n) is 23.1. The molecule has 7 amide bonds. The molecule has 2 unspecified atom stereocenters. The van der Waals surface area contributed by atoms with Crippen LogP contribution >= 0.6 is 0 Å². The molecule has 23 nitrogen and oxygen atoms in total. The van der Waals surface area contributed by atoms with Gasteiger partial charge in [-0.1, -0.05) is 106 Å². The molecule has 23 heteroatoms. The van der Waals surface area contributed by atoms with Gasteiger partial charge in [0.05, 0.1) is 62.0 Å². The van der Waals surface area contributed by atoms with E-state index < -0.39 is 103 Å². The highest BCUT2D eigenvalue weighted by Gasteiger charge is 2.43. The van der Waals surface area contributed by atoms with Crippen molar-refractivity contribution < 1.29 is 72.3 Å². The molecule has 0 saturated carbocycles. The third-order valence-electron chi connectivity index (χ3n) is 14.6. The van der Waals surface area contributed by atoms with Crippen LogP contribution in [0, 0.1) is 29.1 Å². The number of rotatable bonds is 36. The summed E-state index contributed by atoms with van der Waals surface area (Å²) in [5.41, 5.74) is 0.623. The highest BCUT2D eigenvalue weighted by atomic mass is 16.6. The Kier molecular flexibility index (Phi) is 32.0. The van der Waals surface area contributed by atoms with Crippen LogP contribution in [0.5, 0.6) is 0 Å². The van der Waals surface area contributed by atoms with Crippen molar-refractivity contribution in [2.45, 2.75) is 188 Å². The minimum Gasteiger partial charge on any atom is -0.464 e. The first-order valence-electron chi connectivity index (χ1n) is 28.7. The summed E-state index contributed by atoms with van der Waals surface area (Å²) in [7, 11) is 6.41. The molecule has 12 atom stereocenters. The Labute approximate surface area is 481 Å². The minimum atomic E-state index is -1.46. The maximum Gasteiger partial charge on any atom is 0.407 e. The molecule has 0 radical (unpaired) electrons. The van der Waals surface area contributed by atoms with Crippen LogP contribution in [0.4, 0.5) is 4.79 Å². The lowest BCUT2D eigenvalue weighted by molar-refractivity contribution is -0.171. The number of methoxy groups -OCH3 is 2. The molecule has 0 aromatic heterocycles. The Morgan fingerprint density at radius 2 is 1.48 bits per heavy atom. The fourth-order valence-corrected chi connectivity index (χ4v) is 10.1. The summed E-state index contributed by atoms with van der Waals surface area (Å²) < 4.78 is 27.7. The van der Waals surface area contributed by atoms with Gasteiger partial charge in [-0.05, 0) is 68.4 Å². The number of carbonyl (C=O) groups excluding carboxylic acids is 8. The van der Waals surface area contributed by atoms with Gasteiger partial charge in [0.25, 0.3) is 0 Å². The Hall–Kier alpha value is -5.46. The van der Waals surface area contributed by atoms with Crippen molar-refractivity contribution in [1.29, 1.82) is 0 Å². The lowest BCUT2D eigenvalue weighted by Crippen LogP contribution is -2.59. The molecule has 1 heterocycles. The van der Waals surface area contributed by atoms with E-state index in [4.69, 9.17) is 23.7 Å². The zero-order valence-corrected chi connectivity index (χ0v) is 51.0. The number of carbonyl (C=O) groups is 8. The fraction of sp³-hybridized carbons (Fsp3) is 0.759. The first-order valence-corrected chi connectivity index (χ1v) is 28.7. The molecule has 1 aliphatic rings. The lowest BCUT2D eigenvalue weighted by Gasteiger charge is -2.41. The predicted octanol–water partition coefficient (Wildman–Crippen LogP) is 2.82. The van der Waals surface area contributed by atoms with E-state index in [0.717, 1.165) is 5.56 Å². The molecule has 462 valence electrons. The van der Waals surface area contributed by atoms with Gasteiger partial charge in [0.1, 0.15) is 24.7 Å². The molecule has 2 rings (SSSR count). The van der Waals surface area contributed by atoms with Gasteiger partial charge in [0, 0.05) is 53.7 Å². The van der Waals surface area contributed by atoms with Crippen molar-refractivity contribution in [2.24, 2.45) is 29.1 Å². The van der Waals surface area contributed by atoms with Crippen molar-refractivity contribution in [2.75, 3.05) is 67.8 Å². The largest absolute Gasteiger partial charge is 0.464 e. The van der Waals surface area contributed by atoms with E-state index in [-0.39, 0.29) is 92.9 Å². The van der Waals surface area contributed by atoms with Gasteiger partial charge in [0.2, 0.25) is 35.4 Å². The third-order valence-corrected chi connectivity index (χ3v) is 14.6. The fourth-order valence-electron chi connectivity index (χ4n) is 10.1. The number of esters is 1. The molecule has 1 fully saturated rings. The monoisotopic (exact) mass is 1150 g/mol. The Morgan fingerprint density at radius 1 is 0.827 bits per heavy atom. The summed E-state index contributed by atoms with van der Waals surface area (Å²) in [4.78, 5) is 111. The van der Waals surface area contributed by atoms with Crippen molar-refractivity contribution in [3.63, 3.8) is 0 Å². The lowest BCUT2D eigenvalue weighted by atomic mass is 9.89. The number of aliphatic hydroxyl groups excluding tert-OH is 2. The van der Waals surface area contributed by atoms with E-state index in [1.54, 1.807) is 30.8 Å². The van der Waals surface area contributed by atoms with Crippen LogP contribution in [0.2, 0.25) is 0 Å². The number of likely N-dealkylation sites (tertiary alicyclic amines) is 1.